The van der Waals surface area contributed by atoms with Crippen LogP contribution in [0.15, 0.2) is 58.6 Å². The molecule has 0 radical (unpaired) electrons. The van der Waals surface area contributed by atoms with E-state index in [1.165, 1.54) is 37.4 Å². The summed E-state index contributed by atoms with van der Waals surface area (Å²) in [6.45, 7) is 0. The van der Waals surface area contributed by atoms with Crippen LogP contribution in [0.1, 0.15) is 36.6 Å². The number of halogens is 1. The molecule has 0 heterocycles. The fourth-order valence-corrected chi connectivity index (χ4v) is 3.69. The molecule has 0 saturated carbocycles. The zero-order valence-corrected chi connectivity index (χ0v) is 15.2. The number of carbonyl (C=O) groups is 4. The number of carbonyl (C=O) groups excluding carboxylic acids is 4. The van der Waals surface area contributed by atoms with Crippen molar-refractivity contribution < 1.29 is 29.0 Å². The first-order chi connectivity index (χ1) is 13.4. The van der Waals surface area contributed by atoms with Crippen molar-refractivity contribution in [2.75, 3.05) is 7.11 Å². The van der Waals surface area contributed by atoms with Crippen LogP contribution in [0.5, 0.6) is 5.75 Å². The summed E-state index contributed by atoms with van der Waals surface area (Å²) in [5.41, 5.74) is -1.04. The van der Waals surface area contributed by atoms with Gasteiger partial charge in [-0.1, -0.05) is 41.9 Å². The van der Waals surface area contributed by atoms with Gasteiger partial charge in [0.05, 0.1) is 23.8 Å². The smallest absolute Gasteiger partial charge is 0.238 e. The number of hydrogen-bond acceptors (Lipinski definition) is 6. The first-order valence-electron chi connectivity index (χ1n) is 8.16. The lowest BCUT2D eigenvalue weighted by Crippen LogP contribution is -2.30. The van der Waals surface area contributed by atoms with Crippen LogP contribution in [0.25, 0.3) is 5.76 Å². The van der Waals surface area contributed by atoms with Gasteiger partial charge < -0.3 is 9.84 Å². The summed E-state index contributed by atoms with van der Waals surface area (Å²) in [4.78, 5) is 51.0. The molecule has 138 valence electrons. The molecule has 2 aromatic carbocycles. The maximum Gasteiger partial charge on any atom is 0.238 e. The van der Waals surface area contributed by atoms with E-state index in [2.05, 4.69) is 0 Å². The number of ether oxygens (including phenoxy) is 1. The van der Waals surface area contributed by atoms with Crippen LogP contribution in [0, 0.1) is 0 Å². The minimum Gasteiger partial charge on any atom is -0.506 e. The highest BCUT2D eigenvalue weighted by atomic mass is 35.5. The summed E-state index contributed by atoms with van der Waals surface area (Å²) in [6, 6.07) is 10.3. The molecule has 2 aliphatic carbocycles. The molecule has 4 rings (SSSR count). The minimum absolute atomic E-state index is 0.0272. The van der Waals surface area contributed by atoms with Crippen LogP contribution in [-0.2, 0) is 4.79 Å². The van der Waals surface area contributed by atoms with Gasteiger partial charge >= 0.3 is 0 Å². The SMILES string of the molecule is COc1cccc2c1C(O)=C(C1=C(Cl)C(=O)c3ccccc3C1=O)C(=O)C2=O. The quantitative estimate of drug-likeness (QED) is 0.785. The first-order valence-corrected chi connectivity index (χ1v) is 8.54. The Morgan fingerprint density at radius 2 is 1.36 bits per heavy atom. The van der Waals surface area contributed by atoms with Gasteiger partial charge in [0.2, 0.25) is 17.3 Å². The predicted octanol–water partition coefficient (Wildman–Crippen LogP) is 3.30. The Kier molecular flexibility index (Phi) is 4.01. The lowest BCUT2D eigenvalue weighted by atomic mass is 9.79. The summed E-state index contributed by atoms with van der Waals surface area (Å²) in [7, 11) is 1.33. The zero-order valence-electron chi connectivity index (χ0n) is 14.4. The molecular weight excluding hydrogens is 384 g/mol. The topological polar surface area (TPSA) is 97.7 Å². The molecule has 0 unspecified atom stereocenters. The van der Waals surface area contributed by atoms with Crippen molar-refractivity contribution in [2.45, 2.75) is 0 Å². The number of fused-ring (bicyclic) bond motifs is 2. The molecule has 0 amide bonds. The van der Waals surface area contributed by atoms with Gasteiger partial charge in [-0.2, -0.15) is 0 Å². The highest BCUT2D eigenvalue weighted by Gasteiger charge is 2.42. The highest BCUT2D eigenvalue weighted by molar-refractivity contribution is 6.58. The third-order valence-electron chi connectivity index (χ3n) is 4.71. The third kappa shape index (κ3) is 2.28. The van der Waals surface area contributed by atoms with E-state index in [9.17, 15) is 24.3 Å². The molecule has 2 aliphatic rings. The number of benzene rings is 2. The highest BCUT2D eigenvalue weighted by Crippen LogP contribution is 2.41. The number of methoxy groups -OCH3 is 1. The average molecular weight is 395 g/mol. The molecule has 0 atom stereocenters. The summed E-state index contributed by atoms with van der Waals surface area (Å²) in [5.74, 6) is -3.94. The van der Waals surface area contributed by atoms with Crippen molar-refractivity contribution >= 4 is 40.5 Å². The maximum absolute atomic E-state index is 13.0. The Morgan fingerprint density at radius 3 is 2.00 bits per heavy atom. The Morgan fingerprint density at radius 1 is 0.750 bits per heavy atom. The van der Waals surface area contributed by atoms with Gasteiger partial charge in [0.1, 0.15) is 16.5 Å². The zero-order chi connectivity index (χ0) is 20.2. The Labute approximate surface area is 163 Å². The first kappa shape index (κ1) is 17.9. The lowest BCUT2D eigenvalue weighted by molar-refractivity contribution is -0.111. The molecule has 6 nitrogen and oxygen atoms in total. The molecule has 0 aliphatic heterocycles. The monoisotopic (exact) mass is 394 g/mol. The lowest BCUT2D eigenvalue weighted by Gasteiger charge is -2.24. The molecule has 0 spiro atoms. The predicted molar refractivity (Wildman–Crippen MR) is 99.9 cm³/mol. The number of aliphatic hydroxyl groups is 1. The Hall–Kier alpha value is -3.51. The van der Waals surface area contributed by atoms with E-state index in [1.54, 1.807) is 12.1 Å². The fraction of sp³-hybridized carbons (Fsp3) is 0.0476. The minimum atomic E-state index is -1.12. The number of ketones is 4. The van der Waals surface area contributed by atoms with Gasteiger partial charge in [-0.05, 0) is 12.1 Å². The van der Waals surface area contributed by atoms with Gasteiger partial charge in [0, 0.05) is 16.7 Å². The molecule has 0 aromatic heterocycles. The van der Waals surface area contributed by atoms with Gasteiger partial charge in [-0.15, -0.1) is 0 Å². The van der Waals surface area contributed by atoms with Gasteiger partial charge in [0.15, 0.2) is 5.78 Å². The van der Waals surface area contributed by atoms with E-state index < -0.39 is 45.1 Å². The van der Waals surface area contributed by atoms with E-state index in [0.717, 1.165) is 0 Å². The van der Waals surface area contributed by atoms with E-state index in [0.29, 0.717) is 0 Å². The van der Waals surface area contributed by atoms with Crippen molar-refractivity contribution in [3.8, 4) is 5.75 Å². The van der Waals surface area contributed by atoms with Crippen molar-refractivity contribution in [1.29, 1.82) is 0 Å². The van der Waals surface area contributed by atoms with Crippen molar-refractivity contribution in [1.82, 2.24) is 0 Å². The van der Waals surface area contributed by atoms with E-state index in [4.69, 9.17) is 16.3 Å². The standard InChI is InChI=1S/C21H11ClO6/c1-28-12-8-4-7-11-13(12)20(26)15(21(27)19(11)25)14-16(22)18(24)10-6-3-2-5-9(10)17(14)23/h2-8,26H,1H3. The molecule has 0 fully saturated rings. The molecular formula is C21H11ClO6. The number of allylic oxidation sites excluding steroid dienone is 3. The largest absolute Gasteiger partial charge is 0.506 e. The van der Waals surface area contributed by atoms with Gasteiger partial charge in [0.25, 0.3) is 0 Å². The number of hydrogen-bond donors (Lipinski definition) is 1. The number of rotatable bonds is 2. The third-order valence-corrected chi connectivity index (χ3v) is 5.07. The van der Waals surface area contributed by atoms with Crippen molar-refractivity contribution in [3.05, 3.63) is 80.9 Å². The second kappa shape index (κ2) is 6.28. The van der Waals surface area contributed by atoms with Gasteiger partial charge in [-0.25, -0.2) is 0 Å². The molecule has 28 heavy (non-hydrogen) atoms. The summed E-state index contributed by atoms with van der Waals surface area (Å²) in [6.07, 6.45) is 0. The van der Waals surface area contributed by atoms with E-state index in [-0.39, 0.29) is 28.0 Å². The summed E-state index contributed by atoms with van der Waals surface area (Å²) in [5, 5.41) is 10.3. The van der Waals surface area contributed by atoms with Crippen LogP contribution in [0.4, 0.5) is 0 Å². The molecule has 1 N–H and O–H groups in total. The van der Waals surface area contributed by atoms with Crippen LogP contribution in [0.3, 0.4) is 0 Å². The fourth-order valence-electron chi connectivity index (χ4n) is 3.40. The Bertz CT molecular complexity index is 1190. The molecule has 2 aromatic rings. The molecule has 0 saturated heterocycles. The maximum atomic E-state index is 13.0. The van der Waals surface area contributed by atoms with Crippen molar-refractivity contribution in [2.24, 2.45) is 0 Å². The summed E-state index contributed by atoms with van der Waals surface area (Å²) >= 11 is 6.14. The molecule has 7 heteroatoms. The second-order valence-electron chi connectivity index (χ2n) is 6.16. The van der Waals surface area contributed by atoms with Gasteiger partial charge in [-0.3, -0.25) is 19.2 Å². The Balaban J connectivity index is 2.05. The van der Waals surface area contributed by atoms with Crippen molar-refractivity contribution in [3.63, 3.8) is 0 Å². The normalized spacial score (nSPS) is 16.4. The van der Waals surface area contributed by atoms with Crippen LogP contribution in [0.2, 0.25) is 0 Å². The van der Waals surface area contributed by atoms with Crippen LogP contribution >= 0.6 is 11.6 Å². The van der Waals surface area contributed by atoms with Crippen LogP contribution in [-0.4, -0.2) is 35.3 Å². The van der Waals surface area contributed by atoms with E-state index in [1.807, 2.05) is 0 Å². The summed E-state index contributed by atoms with van der Waals surface area (Å²) < 4.78 is 5.17. The average Bonchev–Trinajstić information content (AvgIpc) is 2.72. The number of Topliss-reactive ketones (excluding diaryl/α,β-unsaturated/α-hetero) is 4. The van der Waals surface area contributed by atoms with E-state index >= 15 is 0 Å². The number of aliphatic hydroxyl groups excluding tert-OH is 1. The van der Waals surface area contributed by atoms with Crippen LogP contribution < -0.4 is 4.74 Å². The second-order valence-corrected chi connectivity index (χ2v) is 6.54. The molecule has 0 bridgehead atoms.